The third-order valence-corrected chi connectivity index (χ3v) is 3.68. The SMILES string of the molecule is Cc1cccc([N+](=O)[O-])c1Oc1ccc(CCl)cc1Br. The van der Waals surface area contributed by atoms with Gasteiger partial charge in [0.25, 0.3) is 0 Å². The lowest BCUT2D eigenvalue weighted by Crippen LogP contribution is -1.96. The van der Waals surface area contributed by atoms with Crippen LogP contribution in [0.25, 0.3) is 0 Å². The fourth-order valence-corrected chi connectivity index (χ4v) is 2.41. The minimum Gasteiger partial charge on any atom is -0.449 e. The Kier molecular flexibility index (Phi) is 4.62. The third kappa shape index (κ3) is 3.11. The molecule has 0 aliphatic carbocycles. The molecule has 2 rings (SSSR count). The van der Waals surface area contributed by atoms with Crippen molar-refractivity contribution in [3.05, 3.63) is 62.1 Å². The molecule has 0 fully saturated rings. The summed E-state index contributed by atoms with van der Waals surface area (Å²) < 4.78 is 6.40. The van der Waals surface area contributed by atoms with Crippen molar-refractivity contribution in [3.8, 4) is 11.5 Å². The molecule has 0 amide bonds. The number of nitrogens with zero attached hydrogens (tertiary/aromatic N) is 1. The first-order chi connectivity index (χ1) is 9.52. The van der Waals surface area contributed by atoms with Gasteiger partial charge in [0.1, 0.15) is 5.75 Å². The molecule has 6 heteroatoms. The van der Waals surface area contributed by atoms with E-state index in [9.17, 15) is 10.1 Å². The van der Waals surface area contributed by atoms with Gasteiger partial charge in [0, 0.05) is 11.9 Å². The van der Waals surface area contributed by atoms with Gasteiger partial charge in [0.05, 0.1) is 9.40 Å². The molecule has 0 aliphatic heterocycles. The average Bonchev–Trinajstić information content (AvgIpc) is 2.42. The third-order valence-electron chi connectivity index (χ3n) is 2.75. The molecule has 104 valence electrons. The van der Waals surface area contributed by atoms with Crippen molar-refractivity contribution < 1.29 is 9.66 Å². The lowest BCUT2D eigenvalue weighted by molar-refractivity contribution is -0.385. The summed E-state index contributed by atoms with van der Waals surface area (Å²) in [4.78, 5) is 10.6. The Morgan fingerprint density at radius 1 is 1.35 bits per heavy atom. The Hall–Kier alpha value is -1.59. The zero-order valence-electron chi connectivity index (χ0n) is 10.6. The molecule has 0 unspecified atom stereocenters. The Morgan fingerprint density at radius 3 is 2.70 bits per heavy atom. The maximum absolute atomic E-state index is 11.0. The van der Waals surface area contributed by atoms with Crippen LogP contribution in [0.1, 0.15) is 11.1 Å². The summed E-state index contributed by atoms with van der Waals surface area (Å²) in [5, 5.41) is 11.0. The number of benzene rings is 2. The number of hydrogen-bond donors (Lipinski definition) is 0. The van der Waals surface area contributed by atoms with Crippen molar-refractivity contribution in [2.45, 2.75) is 12.8 Å². The Morgan fingerprint density at radius 2 is 2.10 bits per heavy atom. The maximum Gasteiger partial charge on any atom is 0.311 e. The highest BCUT2D eigenvalue weighted by atomic mass is 79.9. The molecule has 0 saturated carbocycles. The van der Waals surface area contributed by atoms with Crippen molar-refractivity contribution in [2.24, 2.45) is 0 Å². The van der Waals surface area contributed by atoms with Gasteiger partial charge in [-0.15, -0.1) is 11.6 Å². The summed E-state index contributed by atoms with van der Waals surface area (Å²) in [6, 6.07) is 10.2. The standard InChI is InChI=1S/C14H11BrClNO3/c1-9-3-2-4-12(17(18)19)14(9)20-13-6-5-10(8-16)7-11(13)15/h2-7H,8H2,1H3. The summed E-state index contributed by atoms with van der Waals surface area (Å²) in [7, 11) is 0. The molecule has 0 N–H and O–H groups in total. The Balaban J connectivity index is 2.42. The number of nitro benzene ring substituents is 1. The molecule has 0 bridgehead atoms. The number of alkyl halides is 1. The van der Waals surface area contributed by atoms with Crippen molar-refractivity contribution in [1.82, 2.24) is 0 Å². The van der Waals surface area contributed by atoms with Gasteiger partial charge in [-0.1, -0.05) is 18.2 Å². The van der Waals surface area contributed by atoms with Gasteiger partial charge in [-0.2, -0.15) is 0 Å². The number of nitro groups is 1. The van der Waals surface area contributed by atoms with Gasteiger partial charge in [0.15, 0.2) is 0 Å². The molecule has 0 aromatic heterocycles. The van der Waals surface area contributed by atoms with E-state index >= 15 is 0 Å². The second-order valence-corrected chi connectivity index (χ2v) is 5.30. The minimum absolute atomic E-state index is 0.0571. The zero-order chi connectivity index (χ0) is 14.7. The number of rotatable bonds is 4. The molecule has 0 aliphatic rings. The van der Waals surface area contributed by atoms with Gasteiger partial charge in [-0.3, -0.25) is 10.1 Å². The predicted molar refractivity (Wildman–Crippen MR) is 81.6 cm³/mol. The van der Waals surface area contributed by atoms with E-state index in [1.54, 1.807) is 25.1 Å². The first kappa shape index (κ1) is 14.8. The molecular weight excluding hydrogens is 346 g/mol. The first-order valence-corrected chi connectivity index (χ1v) is 7.12. The molecule has 0 heterocycles. The van der Waals surface area contributed by atoms with Gasteiger partial charge in [-0.25, -0.2) is 0 Å². The lowest BCUT2D eigenvalue weighted by Gasteiger charge is -2.11. The monoisotopic (exact) mass is 355 g/mol. The van der Waals surface area contributed by atoms with Gasteiger partial charge < -0.3 is 4.74 Å². The first-order valence-electron chi connectivity index (χ1n) is 5.79. The number of hydrogen-bond acceptors (Lipinski definition) is 3. The Bertz CT molecular complexity index is 661. The molecule has 0 radical (unpaired) electrons. The summed E-state index contributed by atoms with van der Waals surface area (Å²) in [5.74, 6) is 1.15. The van der Waals surface area contributed by atoms with Crippen LogP contribution in [0.5, 0.6) is 11.5 Å². The van der Waals surface area contributed by atoms with Crippen LogP contribution in [0.15, 0.2) is 40.9 Å². The summed E-state index contributed by atoms with van der Waals surface area (Å²) in [6.07, 6.45) is 0. The minimum atomic E-state index is -0.455. The van der Waals surface area contributed by atoms with Crippen LogP contribution in [-0.2, 0) is 5.88 Å². The highest BCUT2D eigenvalue weighted by molar-refractivity contribution is 9.10. The van der Waals surface area contributed by atoms with Gasteiger partial charge >= 0.3 is 5.69 Å². The van der Waals surface area contributed by atoms with Crippen molar-refractivity contribution in [2.75, 3.05) is 0 Å². The summed E-state index contributed by atoms with van der Waals surface area (Å²) in [5.41, 5.74) is 1.58. The molecule has 4 nitrogen and oxygen atoms in total. The van der Waals surface area contributed by atoms with E-state index in [-0.39, 0.29) is 11.4 Å². The maximum atomic E-state index is 11.0. The van der Waals surface area contributed by atoms with Crippen LogP contribution in [0, 0.1) is 17.0 Å². The molecule has 0 saturated heterocycles. The average molecular weight is 357 g/mol. The van der Waals surface area contributed by atoms with Crippen molar-refractivity contribution >= 4 is 33.2 Å². The van der Waals surface area contributed by atoms with Crippen LogP contribution in [0.4, 0.5) is 5.69 Å². The van der Waals surface area contributed by atoms with E-state index in [4.69, 9.17) is 16.3 Å². The molecule has 0 atom stereocenters. The van der Waals surface area contributed by atoms with Crippen molar-refractivity contribution in [1.29, 1.82) is 0 Å². The summed E-state index contributed by atoms with van der Waals surface area (Å²) >= 11 is 9.13. The van der Waals surface area contributed by atoms with E-state index in [2.05, 4.69) is 15.9 Å². The number of para-hydroxylation sites is 1. The number of aryl methyl sites for hydroxylation is 1. The molecule has 0 spiro atoms. The van der Waals surface area contributed by atoms with Crippen LogP contribution in [0.3, 0.4) is 0 Å². The predicted octanol–water partition coefficient (Wildman–Crippen LogP) is 5.20. The number of ether oxygens (including phenoxy) is 1. The van der Waals surface area contributed by atoms with Gasteiger partial charge in [-0.05, 0) is 46.1 Å². The fraction of sp³-hybridized carbons (Fsp3) is 0.143. The summed E-state index contributed by atoms with van der Waals surface area (Å²) in [6.45, 7) is 1.77. The quantitative estimate of drug-likeness (QED) is 0.430. The number of halogens is 2. The highest BCUT2D eigenvalue weighted by Gasteiger charge is 2.18. The van der Waals surface area contributed by atoms with E-state index in [1.807, 2.05) is 12.1 Å². The van der Waals surface area contributed by atoms with E-state index in [0.29, 0.717) is 21.7 Å². The second kappa shape index (κ2) is 6.24. The highest BCUT2D eigenvalue weighted by Crippen LogP contribution is 2.37. The van der Waals surface area contributed by atoms with Crippen LogP contribution < -0.4 is 4.74 Å². The van der Waals surface area contributed by atoms with E-state index in [1.165, 1.54) is 6.07 Å². The van der Waals surface area contributed by atoms with E-state index < -0.39 is 4.92 Å². The molecular formula is C14H11BrClNO3. The lowest BCUT2D eigenvalue weighted by atomic mass is 10.2. The fourth-order valence-electron chi connectivity index (χ4n) is 1.73. The van der Waals surface area contributed by atoms with Crippen molar-refractivity contribution in [3.63, 3.8) is 0 Å². The molecule has 2 aromatic rings. The largest absolute Gasteiger partial charge is 0.449 e. The second-order valence-electron chi connectivity index (χ2n) is 4.18. The molecule has 20 heavy (non-hydrogen) atoms. The van der Waals surface area contributed by atoms with Gasteiger partial charge in [0.2, 0.25) is 5.75 Å². The molecule has 2 aromatic carbocycles. The van der Waals surface area contributed by atoms with E-state index in [0.717, 1.165) is 5.56 Å². The topological polar surface area (TPSA) is 52.4 Å². The van der Waals surface area contributed by atoms with Crippen LogP contribution in [-0.4, -0.2) is 4.92 Å². The van der Waals surface area contributed by atoms with Crippen LogP contribution in [0.2, 0.25) is 0 Å². The normalized spacial score (nSPS) is 10.3. The smallest absolute Gasteiger partial charge is 0.311 e. The zero-order valence-corrected chi connectivity index (χ0v) is 12.9. The van der Waals surface area contributed by atoms with Crippen LogP contribution >= 0.6 is 27.5 Å². The Labute approximate surface area is 129 Å².